The fourth-order valence-corrected chi connectivity index (χ4v) is 3.46. The van der Waals surface area contributed by atoms with Crippen LogP contribution in [0, 0.1) is 0 Å². The molecule has 2 aromatic heterocycles. The average molecular weight is 342 g/mol. The lowest BCUT2D eigenvalue weighted by Gasteiger charge is -2.25. The molecule has 2 aliphatic rings. The molecule has 1 saturated heterocycles. The quantitative estimate of drug-likeness (QED) is 0.921. The van der Waals surface area contributed by atoms with E-state index < -0.39 is 0 Å². The number of aromatic nitrogens is 2. The Hall–Kier alpha value is -2.41. The Balaban J connectivity index is 1.52. The molecule has 1 fully saturated rings. The summed E-state index contributed by atoms with van der Waals surface area (Å²) in [6, 6.07) is 3.58. The normalized spacial score (nSPS) is 18.0. The second-order valence-corrected chi connectivity index (χ2v) is 6.43. The number of anilines is 1. The molecule has 2 aliphatic heterocycles. The van der Waals surface area contributed by atoms with E-state index in [1.54, 1.807) is 25.4 Å². The lowest BCUT2D eigenvalue weighted by atomic mass is 10.0. The number of rotatable bonds is 3. The second kappa shape index (κ2) is 6.84. The van der Waals surface area contributed by atoms with E-state index in [1.807, 2.05) is 4.90 Å². The van der Waals surface area contributed by atoms with Crippen molar-refractivity contribution >= 4 is 11.7 Å². The molecule has 0 saturated carbocycles. The van der Waals surface area contributed by atoms with E-state index in [0.717, 1.165) is 43.4 Å². The third kappa shape index (κ3) is 3.11. The summed E-state index contributed by atoms with van der Waals surface area (Å²) in [6.07, 6.45) is 4.27. The maximum Gasteiger partial charge on any atom is 0.257 e. The van der Waals surface area contributed by atoms with Gasteiger partial charge in [-0.25, -0.2) is 9.97 Å². The zero-order chi connectivity index (χ0) is 17.2. The second-order valence-electron chi connectivity index (χ2n) is 6.43. The SMILES string of the molecule is CNc1ncccc1C(=O)N1CCc2oc(C3CCOCC3)nc2C1. The minimum absolute atomic E-state index is 0.0290. The zero-order valence-corrected chi connectivity index (χ0v) is 14.3. The summed E-state index contributed by atoms with van der Waals surface area (Å²) in [6.45, 7) is 2.64. The number of hydrogen-bond acceptors (Lipinski definition) is 6. The van der Waals surface area contributed by atoms with Crippen LogP contribution in [-0.4, -0.2) is 47.6 Å². The highest BCUT2D eigenvalue weighted by Gasteiger charge is 2.29. The Morgan fingerprint density at radius 3 is 3.00 bits per heavy atom. The van der Waals surface area contributed by atoms with Crippen molar-refractivity contribution in [3.63, 3.8) is 0 Å². The molecule has 25 heavy (non-hydrogen) atoms. The Kier molecular flexibility index (Phi) is 4.40. The van der Waals surface area contributed by atoms with Gasteiger partial charge in [0, 0.05) is 45.3 Å². The van der Waals surface area contributed by atoms with Crippen LogP contribution in [0.5, 0.6) is 0 Å². The van der Waals surface area contributed by atoms with Crippen LogP contribution >= 0.6 is 0 Å². The van der Waals surface area contributed by atoms with Crippen molar-refractivity contribution in [3.8, 4) is 0 Å². The van der Waals surface area contributed by atoms with E-state index in [2.05, 4.69) is 10.3 Å². The molecule has 0 atom stereocenters. The molecule has 7 nitrogen and oxygen atoms in total. The highest BCUT2D eigenvalue weighted by molar-refractivity contribution is 5.98. The molecule has 1 amide bonds. The van der Waals surface area contributed by atoms with Crippen molar-refractivity contribution in [3.05, 3.63) is 41.2 Å². The van der Waals surface area contributed by atoms with Crippen molar-refractivity contribution < 1.29 is 13.9 Å². The highest BCUT2D eigenvalue weighted by atomic mass is 16.5. The standard InChI is InChI=1S/C18H22N4O3/c1-19-16-13(3-2-7-20-16)18(23)22-8-4-15-14(11-22)21-17(25-15)12-5-9-24-10-6-12/h2-3,7,12H,4-6,8-11H2,1H3,(H,19,20). The maximum absolute atomic E-state index is 12.9. The third-order valence-corrected chi connectivity index (χ3v) is 4.88. The molecular formula is C18H22N4O3. The first-order valence-electron chi connectivity index (χ1n) is 8.74. The molecule has 0 unspecified atom stereocenters. The average Bonchev–Trinajstić information content (AvgIpc) is 3.11. The van der Waals surface area contributed by atoms with Crippen molar-refractivity contribution in [2.75, 3.05) is 32.1 Å². The summed E-state index contributed by atoms with van der Waals surface area (Å²) < 4.78 is 11.4. The van der Waals surface area contributed by atoms with E-state index in [4.69, 9.17) is 14.1 Å². The first-order chi connectivity index (χ1) is 12.3. The van der Waals surface area contributed by atoms with Gasteiger partial charge in [0.15, 0.2) is 5.89 Å². The van der Waals surface area contributed by atoms with Crippen molar-refractivity contribution in [1.82, 2.24) is 14.9 Å². The van der Waals surface area contributed by atoms with Gasteiger partial charge in [0.25, 0.3) is 5.91 Å². The lowest BCUT2D eigenvalue weighted by Crippen LogP contribution is -2.36. The van der Waals surface area contributed by atoms with Gasteiger partial charge >= 0.3 is 0 Å². The van der Waals surface area contributed by atoms with Gasteiger partial charge in [-0.05, 0) is 25.0 Å². The van der Waals surface area contributed by atoms with Crippen LogP contribution < -0.4 is 5.32 Å². The van der Waals surface area contributed by atoms with Crippen LogP contribution in [0.2, 0.25) is 0 Å². The van der Waals surface area contributed by atoms with E-state index in [0.29, 0.717) is 36.8 Å². The predicted molar refractivity (Wildman–Crippen MR) is 91.5 cm³/mol. The van der Waals surface area contributed by atoms with Gasteiger partial charge in [0.1, 0.15) is 17.3 Å². The van der Waals surface area contributed by atoms with Gasteiger partial charge in [-0.3, -0.25) is 4.79 Å². The molecule has 0 bridgehead atoms. The molecule has 4 rings (SSSR count). The topological polar surface area (TPSA) is 80.5 Å². The first-order valence-corrected chi connectivity index (χ1v) is 8.74. The summed E-state index contributed by atoms with van der Waals surface area (Å²) in [5, 5.41) is 2.98. The summed E-state index contributed by atoms with van der Waals surface area (Å²) in [5.41, 5.74) is 1.47. The van der Waals surface area contributed by atoms with E-state index in [1.165, 1.54) is 0 Å². The molecule has 4 heterocycles. The summed E-state index contributed by atoms with van der Waals surface area (Å²) in [7, 11) is 1.77. The van der Waals surface area contributed by atoms with Crippen LogP contribution in [0.3, 0.4) is 0 Å². The fraction of sp³-hybridized carbons (Fsp3) is 0.500. The largest absolute Gasteiger partial charge is 0.445 e. The number of nitrogens with zero attached hydrogens (tertiary/aromatic N) is 3. The zero-order valence-electron chi connectivity index (χ0n) is 14.3. The van der Waals surface area contributed by atoms with Crippen molar-refractivity contribution in [2.24, 2.45) is 0 Å². The Morgan fingerprint density at radius 1 is 1.36 bits per heavy atom. The summed E-state index contributed by atoms with van der Waals surface area (Å²) in [4.78, 5) is 23.6. The molecule has 0 radical (unpaired) electrons. The number of nitrogens with one attached hydrogen (secondary N) is 1. The van der Waals surface area contributed by atoms with Gasteiger partial charge < -0.3 is 19.4 Å². The van der Waals surface area contributed by atoms with Gasteiger partial charge in [-0.15, -0.1) is 0 Å². The predicted octanol–water partition coefficient (Wildman–Crippen LogP) is 2.20. The van der Waals surface area contributed by atoms with Gasteiger partial charge in [0.2, 0.25) is 0 Å². The van der Waals surface area contributed by atoms with Gasteiger partial charge in [-0.1, -0.05) is 0 Å². The first kappa shape index (κ1) is 16.1. The van der Waals surface area contributed by atoms with E-state index in [-0.39, 0.29) is 5.91 Å². The summed E-state index contributed by atoms with van der Waals surface area (Å²) >= 11 is 0. The molecule has 7 heteroatoms. The molecule has 0 aromatic carbocycles. The smallest absolute Gasteiger partial charge is 0.257 e. The number of oxazole rings is 1. The van der Waals surface area contributed by atoms with Gasteiger partial charge in [-0.2, -0.15) is 0 Å². The number of pyridine rings is 1. The number of carbonyl (C=O) groups is 1. The number of carbonyl (C=O) groups excluding carboxylic acids is 1. The Labute approximate surface area is 146 Å². The third-order valence-electron chi connectivity index (χ3n) is 4.88. The minimum Gasteiger partial charge on any atom is -0.445 e. The van der Waals surface area contributed by atoms with Crippen LogP contribution in [0.25, 0.3) is 0 Å². The van der Waals surface area contributed by atoms with Crippen LogP contribution in [0.4, 0.5) is 5.82 Å². The van der Waals surface area contributed by atoms with Crippen molar-refractivity contribution in [1.29, 1.82) is 0 Å². The molecular weight excluding hydrogens is 320 g/mol. The molecule has 1 N–H and O–H groups in total. The molecule has 132 valence electrons. The maximum atomic E-state index is 12.9. The molecule has 2 aromatic rings. The Morgan fingerprint density at radius 2 is 2.20 bits per heavy atom. The van der Waals surface area contributed by atoms with Gasteiger partial charge in [0.05, 0.1) is 12.1 Å². The van der Waals surface area contributed by atoms with E-state index >= 15 is 0 Å². The van der Waals surface area contributed by atoms with Crippen LogP contribution in [0.15, 0.2) is 22.7 Å². The van der Waals surface area contributed by atoms with Crippen LogP contribution in [0.1, 0.15) is 46.5 Å². The number of fused-ring (bicyclic) bond motifs is 1. The lowest BCUT2D eigenvalue weighted by molar-refractivity contribution is 0.0726. The van der Waals surface area contributed by atoms with E-state index in [9.17, 15) is 4.79 Å². The van der Waals surface area contributed by atoms with Crippen LogP contribution in [-0.2, 0) is 17.7 Å². The Bertz CT molecular complexity index is 767. The number of ether oxygens (including phenoxy) is 1. The summed E-state index contributed by atoms with van der Waals surface area (Å²) in [5.74, 6) is 2.63. The van der Waals surface area contributed by atoms with Crippen molar-refractivity contribution in [2.45, 2.75) is 31.7 Å². The number of hydrogen-bond donors (Lipinski definition) is 1. The fourth-order valence-electron chi connectivity index (χ4n) is 3.46. The minimum atomic E-state index is -0.0290. The highest BCUT2D eigenvalue weighted by Crippen LogP contribution is 2.30. The monoisotopic (exact) mass is 342 g/mol. The molecule has 0 aliphatic carbocycles. The molecule has 0 spiro atoms. The number of amides is 1.